The molecule has 0 aliphatic rings. The second kappa shape index (κ2) is 4.97. The first-order chi connectivity index (χ1) is 7.88. The van der Waals surface area contributed by atoms with E-state index >= 15 is 0 Å². The van der Waals surface area contributed by atoms with Crippen LogP contribution in [0.4, 0.5) is 0 Å². The predicted octanol–water partition coefficient (Wildman–Crippen LogP) is 1.21. The monoisotopic (exact) mass is 238 g/mol. The Morgan fingerprint density at radius 2 is 1.88 bits per heavy atom. The molecule has 92 valence electrons. The number of carboxylic acid groups (broad SMARTS) is 1. The van der Waals surface area contributed by atoms with E-state index in [1.807, 2.05) is 0 Å². The van der Waals surface area contributed by atoms with Crippen LogP contribution >= 0.6 is 0 Å². The summed E-state index contributed by atoms with van der Waals surface area (Å²) in [7, 11) is 1.16. The molecule has 0 radical (unpaired) electrons. The molecule has 0 aromatic heterocycles. The fourth-order valence-corrected chi connectivity index (χ4v) is 1.51. The minimum atomic E-state index is -1.46. The first-order valence-electron chi connectivity index (χ1n) is 4.98. The first kappa shape index (κ1) is 13.2. The molecule has 1 aromatic rings. The summed E-state index contributed by atoms with van der Waals surface area (Å²) in [4.78, 5) is 22.2. The number of methoxy groups -OCH3 is 1. The van der Waals surface area contributed by atoms with Gasteiger partial charge in [0.25, 0.3) is 0 Å². The number of aryl methyl sites for hydroxylation is 1. The summed E-state index contributed by atoms with van der Waals surface area (Å²) in [6.07, 6.45) is -1.46. The zero-order valence-electron chi connectivity index (χ0n) is 9.85. The minimum Gasteiger partial charge on any atom is -0.478 e. The smallest absolute Gasteiger partial charge is 0.339 e. The van der Waals surface area contributed by atoms with E-state index < -0.39 is 18.0 Å². The van der Waals surface area contributed by atoms with Gasteiger partial charge in [-0.2, -0.15) is 0 Å². The highest BCUT2D eigenvalue weighted by Gasteiger charge is 2.21. The van der Waals surface area contributed by atoms with Crippen LogP contribution in [-0.4, -0.2) is 29.3 Å². The van der Waals surface area contributed by atoms with Crippen LogP contribution in [-0.2, 0) is 9.53 Å². The SMILES string of the molecule is COC(=O)C(O)c1cc(C)c(C)c(C(=O)O)c1. The maximum absolute atomic E-state index is 11.2. The third-order valence-corrected chi connectivity index (χ3v) is 2.66. The van der Waals surface area contributed by atoms with E-state index in [0.29, 0.717) is 11.1 Å². The van der Waals surface area contributed by atoms with E-state index in [-0.39, 0.29) is 11.1 Å². The molecule has 0 heterocycles. The lowest BCUT2D eigenvalue weighted by atomic mass is 9.97. The van der Waals surface area contributed by atoms with E-state index in [9.17, 15) is 14.7 Å². The van der Waals surface area contributed by atoms with Gasteiger partial charge in [-0.15, -0.1) is 0 Å². The van der Waals surface area contributed by atoms with Gasteiger partial charge in [0.15, 0.2) is 6.10 Å². The molecule has 0 bridgehead atoms. The largest absolute Gasteiger partial charge is 0.478 e. The van der Waals surface area contributed by atoms with E-state index in [1.54, 1.807) is 19.9 Å². The molecule has 5 nitrogen and oxygen atoms in total. The number of esters is 1. The minimum absolute atomic E-state index is 0.0722. The molecule has 2 N–H and O–H groups in total. The Morgan fingerprint density at radius 3 is 2.35 bits per heavy atom. The number of carboxylic acids is 1. The Kier molecular flexibility index (Phi) is 3.85. The van der Waals surface area contributed by atoms with Gasteiger partial charge < -0.3 is 14.9 Å². The normalized spacial score (nSPS) is 12.0. The molecule has 1 atom stereocenters. The Bertz CT molecular complexity index is 464. The number of carbonyl (C=O) groups is 2. The summed E-state index contributed by atoms with van der Waals surface area (Å²) in [6, 6.07) is 2.86. The molecule has 17 heavy (non-hydrogen) atoms. The van der Waals surface area contributed by atoms with Crippen molar-refractivity contribution in [1.29, 1.82) is 0 Å². The first-order valence-corrected chi connectivity index (χ1v) is 4.98. The van der Waals surface area contributed by atoms with Crippen LogP contribution in [0.1, 0.15) is 33.2 Å². The zero-order chi connectivity index (χ0) is 13.2. The Morgan fingerprint density at radius 1 is 1.29 bits per heavy atom. The fraction of sp³-hybridized carbons (Fsp3) is 0.333. The van der Waals surface area contributed by atoms with Gasteiger partial charge in [-0.05, 0) is 36.6 Å². The van der Waals surface area contributed by atoms with Gasteiger partial charge in [0.1, 0.15) is 0 Å². The predicted molar refractivity (Wildman–Crippen MR) is 59.9 cm³/mol. The average Bonchev–Trinajstić information content (AvgIpc) is 2.30. The van der Waals surface area contributed by atoms with Gasteiger partial charge in [-0.1, -0.05) is 6.07 Å². The third kappa shape index (κ3) is 2.62. The number of aliphatic hydroxyl groups excluding tert-OH is 1. The van der Waals surface area contributed by atoms with Gasteiger partial charge in [-0.3, -0.25) is 0 Å². The molecule has 1 aromatic carbocycles. The lowest BCUT2D eigenvalue weighted by molar-refractivity contribution is -0.150. The van der Waals surface area contributed by atoms with Crippen LogP contribution in [0, 0.1) is 13.8 Å². The highest BCUT2D eigenvalue weighted by molar-refractivity contribution is 5.90. The van der Waals surface area contributed by atoms with Crippen molar-refractivity contribution in [2.24, 2.45) is 0 Å². The van der Waals surface area contributed by atoms with Crippen molar-refractivity contribution >= 4 is 11.9 Å². The maximum Gasteiger partial charge on any atom is 0.339 e. The van der Waals surface area contributed by atoms with Crippen LogP contribution in [0.5, 0.6) is 0 Å². The fourth-order valence-electron chi connectivity index (χ4n) is 1.51. The molecule has 0 aliphatic carbocycles. The topological polar surface area (TPSA) is 83.8 Å². The molecule has 1 rings (SSSR count). The lowest BCUT2D eigenvalue weighted by Gasteiger charge is -2.12. The Balaban J connectivity index is 3.28. The zero-order valence-corrected chi connectivity index (χ0v) is 9.85. The van der Waals surface area contributed by atoms with Gasteiger partial charge in [-0.25, -0.2) is 9.59 Å². The number of rotatable bonds is 3. The number of ether oxygens (including phenoxy) is 1. The molecule has 0 saturated carbocycles. The van der Waals surface area contributed by atoms with Gasteiger partial charge >= 0.3 is 11.9 Å². The summed E-state index contributed by atoms with van der Waals surface area (Å²) in [5, 5.41) is 18.6. The number of carbonyl (C=O) groups excluding carboxylic acids is 1. The molecule has 5 heteroatoms. The second-order valence-corrected chi connectivity index (χ2v) is 3.74. The van der Waals surface area contributed by atoms with E-state index in [0.717, 1.165) is 7.11 Å². The number of aromatic carboxylic acids is 1. The molecule has 1 unspecified atom stereocenters. The number of hydrogen-bond donors (Lipinski definition) is 2. The Hall–Kier alpha value is -1.88. The van der Waals surface area contributed by atoms with Crippen molar-refractivity contribution in [3.8, 4) is 0 Å². The van der Waals surface area contributed by atoms with E-state index in [4.69, 9.17) is 5.11 Å². The molecule has 0 fully saturated rings. The van der Waals surface area contributed by atoms with E-state index in [2.05, 4.69) is 4.74 Å². The summed E-state index contributed by atoms with van der Waals surface area (Å²) >= 11 is 0. The standard InChI is InChI=1S/C12H14O5/c1-6-4-8(10(13)12(16)17-3)5-9(7(6)2)11(14)15/h4-5,10,13H,1-3H3,(H,14,15). The van der Waals surface area contributed by atoms with Gasteiger partial charge in [0.05, 0.1) is 12.7 Å². The molecule has 0 aliphatic heterocycles. The lowest BCUT2D eigenvalue weighted by Crippen LogP contribution is -2.15. The number of hydrogen-bond acceptors (Lipinski definition) is 4. The van der Waals surface area contributed by atoms with Crippen molar-refractivity contribution in [3.05, 3.63) is 34.4 Å². The van der Waals surface area contributed by atoms with Gasteiger partial charge in [0.2, 0.25) is 0 Å². The van der Waals surface area contributed by atoms with Crippen molar-refractivity contribution in [2.45, 2.75) is 20.0 Å². The van der Waals surface area contributed by atoms with Crippen molar-refractivity contribution in [2.75, 3.05) is 7.11 Å². The van der Waals surface area contributed by atoms with E-state index in [1.165, 1.54) is 6.07 Å². The van der Waals surface area contributed by atoms with Gasteiger partial charge in [0, 0.05) is 0 Å². The van der Waals surface area contributed by atoms with Crippen LogP contribution in [0.15, 0.2) is 12.1 Å². The summed E-state index contributed by atoms with van der Waals surface area (Å²) < 4.78 is 4.40. The highest BCUT2D eigenvalue weighted by atomic mass is 16.5. The van der Waals surface area contributed by atoms with Crippen LogP contribution in [0.3, 0.4) is 0 Å². The quantitative estimate of drug-likeness (QED) is 0.773. The summed E-state index contributed by atoms with van der Waals surface area (Å²) in [5.41, 5.74) is 1.60. The van der Waals surface area contributed by atoms with Crippen molar-refractivity contribution < 1.29 is 24.5 Å². The number of benzene rings is 1. The van der Waals surface area contributed by atoms with Crippen molar-refractivity contribution in [1.82, 2.24) is 0 Å². The second-order valence-electron chi connectivity index (χ2n) is 3.74. The van der Waals surface area contributed by atoms with Crippen LogP contribution in [0.25, 0.3) is 0 Å². The van der Waals surface area contributed by atoms with Crippen LogP contribution < -0.4 is 0 Å². The van der Waals surface area contributed by atoms with Crippen molar-refractivity contribution in [3.63, 3.8) is 0 Å². The number of aliphatic hydroxyl groups is 1. The third-order valence-electron chi connectivity index (χ3n) is 2.66. The summed E-state index contributed by atoms with van der Waals surface area (Å²) in [5.74, 6) is -1.91. The highest BCUT2D eigenvalue weighted by Crippen LogP contribution is 2.22. The maximum atomic E-state index is 11.2. The average molecular weight is 238 g/mol. The van der Waals surface area contributed by atoms with Crippen LogP contribution in [0.2, 0.25) is 0 Å². The molecule has 0 amide bonds. The molecular formula is C12H14O5. The molecular weight excluding hydrogens is 224 g/mol. The molecule has 0 spiro atoms. The summed E-state index contributed by atoms with van der Waals surface area (Å²) in [6.45, 7) is 3.39. The molecule has 0 saturated heterocycles. The Labute approximate surface area is 98.6 Å².